The van der Waals surface area contributed by atoms with E-state index in [0.717, 1.165) is 4.90 Å². The van der Waals surface area contributed by atoms with Crippen LogP contribution in [0.3, 0.4) is 0 Å². The number of halogens is 3. The molecule has 0 bridgehead atoms. The predicted molar refractivity (Wildman–Crippen MR) is 136 cm³/mol. The number of imide groups is 2. The van der Waals surface area contributed by atoms with E-state index in [9.17, 15) is 18.8 Å². The standard InChI is InChI=1S/C26H19BrClFN2O5/c1-2-35-22-12-16(20(27)13-23(22)36-14-15-5-3-4-6-21(15)29)11-19-24(32)30-26(34)31(25(19)33)18-9-7-17(28)8-10-18/h3-13H,2,14H2,1H3,(H,30,32,34)/b19-11+. The molecule has 3 aromatic rings. The second-order valence-corrected chi connectivity index (χ2v) is 8.86. The van der Waals surface area contributed by atoms with Crippen molar-refractivity contribution in [2.24, 2.45) is 0 Å². The predicted octanol–water partition coefficient (Wildman–Crippen LogP) is 5.89. The van der Waals surface area contributed by atoms with Gasteiger partial charge in [0.25, 0.3) is 11.8 Å². The average molecular weight is 574 g/mol. The molecule has 0 spiro atoms. The molecule has 4 amide bonds. The summed E-state index contributed by atoms with van der Waals surface area (Å²) in [4.78, 5) is 39.0. The van der Waals surface area contributed by atoms with Gasteiger partial charge in [-0.05, 0) is 61.0 Å². The van der Waals surface area contributed by atoms with Crippen LogP contribution >= 0.6 is 27.5 Å². The fourth-order valence-electron chi connectivity index (χ4n) is 3.45. The topological polar surface area (TPSA) is 84.9 Å². The van der Waals surface area contributed by atoms with E-state index in [1.54, 1.807) is 37.3 Å². The fraction of sp³-hybridized carbons (Fsp3) is 0.115. The first-order chi connectivity index (χ1) is 17.3. The van der Waals surface area contributed by atoms with Crippen LogP contribution in [0.2, 0.25) is 5.02 Å². The van der Waals surface area contributed by atoms with E-state index in [2.05, 4.69) is 21.2 Å². The Hall–Kier alpha value is -3.69. The first-order valence-electron chi connectivity index (χ1n) is 10.8. The van der Waals surface area contributed by atoms with Crippen molar-refractivity contribution in [1.82, 2.24) is 5.32 Å². The zero-order valence-corrected chi connectivity index (χ0v) is 21.2. The molecular formula is C26H19BrClFN2O5. The SMILES string of the molecule is CCOc1cc(/C=C2\C(=O)NC(=O)N(c3ccc(Cl)cc3)C2=O)c(Br)cc1OCc1ccccc1F. The van der Waals surface area contributed by atoms with Crippen molar-refractivity contribution in [2.45, 2.75) is 13.5 Å². The zero-order chi connectivity index (χ0) is 25.8. The van der Waals surface area contributed by atoms with Crippen LogP contribution in [0.1, 0.15) is 18.1 Å². The molecule has 4 rings (SSSR count). The number of nitrogens with one attached hydrogen (secondary N) is 1. The molecule has 1 saturated heterocycles. The zero-order valence-electron chi connectivity index (χ0n) is 18.9. The minimum absolute atomic E-state index is 0.0291. The summed E-state index contributed by atoms with van der Waals surface area (Å²) < 4.78 is 26.0. The van der Waals surface area contributed by atoms with Gasteiger partial charge < -0.3 is 9.47 Å². The van der Waals surface area contributed by atoms with Gasteiger partial charge in [0.2, 0.25) is 0 Å². The molecule has 0 aliphatic carbocycles. The lowest BCUT2D eigenvalue weighted by atomic mass is 10.1. The maximum absolute atomic E-state index is 14.0. The second-order valence-electron chi connectivity index (χ2n) is 7.57. The Labute approximate surface area is 219 Å². The third-order valence-corrected chi connectivity index (χ3v) is 6.13. The number of barbiturate groups is 1. The van der Waals surface area contributed by atoms with Gasteiger partial charge in [-0.15, -0.1) is 0 Å². The van der Waals surface area contributed by atoms with Crippen molar-refractivity contribution in [2.75, 3.05) is 11.5 Å². The number of rotatable bonds is 7. The number of nitrogens with zero attached hydrogens (tertiary/aromatic N) is 1. The van der Waals surface area contributed by atoms with E-state index in [-0.39, 0.29) is 17.9 Å². The lowest BCUT2D eigenvalue weighted by molar-refractivity contribution is -0.122. The highest BCUT2D eigenvalue weighted by Crippen LogP contribution is 2.36. The molecule has 1 aliphatic heterocycles. The van der Waals surface area contributed by atoms with Gasteiger partial charge in [0, 0.05) is 15.1 Å². The van der Waals surface area contributed by atoms with Crippen molar-refractivity contribution in [3.05, 3.63) is 92.7 Å². The molecule has 0 unspecified atom stereocenters. The Balaban J connectivity index is 1.67. The molecule has 1 N–H and O–H groups in total. The maximum atomic E-state index is 14.0. The number of benzene rings is 3. The van der Waals surface area contributed by atoms with Crippen LogP contribution in [0.25, 0.3) is 6.08 Å². The normalized spacial score (nSPS) is 14.7. The molecule has 1 aliphatic rings. The molecule has 10 heteroatoms. The number of carbonyl (C=O) groups excluding carboxylic acids is 3. The van der Waals surface area contributed by atoms with Crippen LogP contribution < -0.4 is 19.7 Å². The van der Waals surface area contributed by atoms with E-state index < -0.39 is 23.7 Å². The van der Waals surface area contributed by atoms with E-state index in [1.807, 2.05) is 0 Å². The summed E-state index contributed by atoms with van der Waals surface area (Å²) in [6.07, 6.45) is 1.35. The Kier molecular flexibility index (Phi) is 7.71. The molecule has 0 saturated carbocycles. The van der Waals surface area contributed by atoms with Crippen LogP contribution in [0, 0.1) is 5.82 Å². The summed E-state index contributed by atoms with van der Waals surface area (Å²) in [6.45, 7) is 2.07. The summed E-state index contributed by atoms with van der Waals surface area (Å²) in [7, 11) is 0. The molecule has 0 aromatic heterocycles. The Bertz CT molecular complexity index is 1380. The lowest BCUT2D eigenvalue weighted by Gasteiger charge is -2.26. The first kappa shape index (κ1) is 25.4. The summed E-state index contributed by atoms with van der Waals surface area (Å²) >= 11 is 9.33. The summed E-state index contributed by atoms with van der Waals surface area (Å²) in [5.41, 5.74) is 0.804. The number of urea groups is 1. The van der Waals surface area contributed by atoms with Crippen molar-refractivity contribution >= 4 is 57.1 Å². The summed E-state index contributed by atoms with van der Waals surface area (Å²) in [5.74, 6) is -1.35. The second kappa shape index (κ2) is 10.9. The first-order valence-corrected chi connectivity index (χ1v) is 11.9. The van der Waals surface area contributed by atoms with Crippen molar-refractivity contribution < 1.29 is 28.2 Å². The molecule has 1 heterocycles. The Morgan fingerprint density at radius 3 is 2.42 bits per heavy atom. The van der Waals surface area contributed by atoms with Gasteiger partial charge in [-0.3, -0.25) is 14.9 Å². The Morgan fingerprint density at radius 2 is 1.72 bits per heavy atom. The number of hydrogen-bond donors (Lipinski definition) is 1. The van der Waals surface area contributed by atoms with Crippen LogP contribution in [0.5, 0.6) is 11.5 Å². The molecule has 184 valence electrons. The minimum atomic E-state index is -0.865. The number of hydrogen-bond acceptors (Lipinski definition) is 5. The average Bonchev–Trinajstić information content (AvgIpc) is 2.84. The van der Waals surface area contributed by atoms with Crippen LogP contribution in [0.4, 0.5) is 14.9 Å². The van der Waals surface area contributed by atoms with Gasteiger partial charge in [0.05, 0.1) is 12.3 Å². The van der Waals surface area contributed by atoms with Crippen LogP contribution in [-0.4, -0.2) is 24.5 Å². The van der Waals surface area contributed by atoms with Crippen molar-refractivity contribution in [3.63, 3.8) is 0 Å². The van der Waals surface area contributed by atoms with E-state index in [1.165, 1.54) is 36.4 Å². The summed E-state index contributed by atoms with van der Waals surface area (Å²) in [6, 6.07) is 14.6. The van der Waals surface area contributed by atoms with Crippen molar-refractivity contribution in [1.29, 1.82) is 0 Å². The van der Waals surface area contributed by atoms with Crippen LogP contribution in [0.15, 0.2) is 70.7 Å². The third-order valence-electron chi connectivity index (χ3n) is 5.19. The summed E-state index contributed by atoms with van der Waals surface area (Å²) in [5, 5.41) is 2.61. The fourth-order valence-corrected chi connectivity index (χ4v) is 4.01. The maximum Gasteiger partial charge on any atom is 0.335 e. The number of ether oxygens (including phenoxy) is 2. The van der Waals surface area contributed by atoms with E-state index >= 15 is 0 Å². The third kappa shape index (κ3) is 5.42. The highest BCUT2D eigenvalue weighted by Gasteiger charge is 2.37. The van der Waals surface area contributed by atoms with Gasteiger partial charge in [-0.1, -0.05) is 45.7 Å². The van der Waals surface area contributed by atoms with Gasteiger partial charge in [-0.2, -0.15) is 0 Å². The van der Waals surface area contributed by atoms with Gasteiger partial charge >= 0.3 is 6.03 Å². The molecule has 0 atom stereocenters. The molecule has 3 aromatic carbocycles. The number of anilines is 1. The smallest absolute Gasteiger partial charge is 0.335 e. The largest absolute Gasteiger partial charge is 0.490 e. The van der Waals surface area contributed by atoms with Crippen LogP contribution in [-0.2, 0) is 16.2 Å². The monoisotopic (exact) mass is 572 g/mol. The highest BCUT2D eigenvalue weighted by atomic mass is 79.9. The van der Waals surface area contributed by atoms with E-state index in [4.69, 9.17) is 21.1 Å². The molecule has 0 radical (unpaired) electrons. The lowest BCUT2D eigenvalue weighted by Crippen LogP contribution is -2.54. The van der Waals surface area contributed by atoms with Gasteiger partial charge in [0.15, 0.2) is 11.5 Å². The number of carbonyl (C=O) groups is 3. The van der Waals surface area contributed by atoms with Gasteiger partial charge in [0.1, 0.15) is 18.0 Å². The molecule has 1 fully saturated rings. The molecule has 36 heavy (non-hydrogen) atoms. The Morgan fingerprint density at radius 1 is 1.03 bits per heavy atom. The van der Waals surface area contributed by atoms with Gasteiger partial charge in [-0.25, -0.2) is 14.1 Å². The van der Waals surface area contributed by atoms with Crippen molar-refractivity contribution in [3.8, 4) is 11.5 Å². The molecule has 7 nitrogen and oxygen atoms in total. The molecular weight excluding hydrogens is 555 g/mol. The minimum Gasteiger partial charge on any atom is -0.490 e. The highest BCUT2D eigenvalue weighted by molar-refractivity contribution is 9.10. The quantitative estimate of drug-likeness (QED) is 0.282. The number of amides is 4. The van der Waals surface area contributed by atoms with E-state index in [0.29, 0.717) is 38.7 Å².